The lowest BCUT2D eigenvalue weighted by atomic mass is 10.1. The van der Waals surface area contributed by atoms with E-state index in [4.69, 9.17) is 13.9 Å². The number of methoxy groups -OCH3 is 2. The highest BCUT2D eigenvalue weighted by Gasteiger charge is 2.26. The number of likely N-dealkylation sites (tertiary alicyclic amines) is 1. The van der Waals surface area contributed by atoms with Crippen LogP contribution in [0.1, 0.15) is 36.0 Å². The Morgan fingerprint density at radius 1 is 1.21 bits per heavy atom. The van der Waals surface area contributed by atoms with E-state index < -0.39 is 4.92 Å². The standard InChI is InChI=1S/C20H27N3O5/c1-14-6-7-18(28-14)17(22-8-4-5-9-22)13-21-12-15-10-19(26-2)20(27-3)11-16(15)23(24)25/h6-7,10-11,17,21H,4-5,8-9,12-13H2,1-3H3. The Balaban J connectivity index is 1.75. The molecule has 1 aromatic carbocycles. The minimum absolute atomic E-state index is 0.0108. The summed E-state index contributed by atoms with van der Waals surface area (Å²) in [6.07, 6.45) is 2.36. The summed E-state index contributed by atoms with van der Waals surface area (Å²) in [6.45, 7) is 4.98. The topological polar surface area (TPSA) is 90.0 Å². The Morgan fingerprint density at radius 3 is 2.46 bits per heavy atom. The first-order valence-electron chi connectivity index (χ1n) is 9.44. The van der Waals surface area contributed by atoms with Crippen molar-refractivity contribution in [3.05, 3.63) is 51.5 Å². The first-order chi connectivity index (χ1) is 13.5. The first-order valence-corrected chi connectivity index (χ1v) is 9.44. The quantitative estimate of drug-likeness (QED) is 0.519. The third-order valence-electron chi connectivity index (χ3n) is 5.11. The van der Waals surface area contributed by atoms with Gasteiger partial charge in [-0.1, -0.05) is 0 Å². The van der Waals surface area contributed by atoms with E-state index in [0.29, 0.717) is 30.2 Å². The number of hydrogen-bond acceptors (Lipinski definition) is 7. The summed E-state index contributed by atoms with van der Waals surface area (Å²) < 4.78 is 16.3. The van der Waals surface area contributed by atoms with Crippen molar-refractivity contribution in [1.82, 2.24) is 10.2 Å². The number of rotatable bonds is 9. The largest absolute Gasteiger partial charge is 0.493 e. The normalized spacial score (nSPS) is 15.5. The van der Waals surface area contributed by atoms with Crippen LogP contribution in [-0.4, -0.2) is 43.7 Å². The van der Waals surface area contributed by atoms with Crippen molar-refractivity contribution in [2.75, 3.05) is 33.9 Å². The molecule has 152 valence electrons. The van der Waals surface area contributed by atoms with Gasteiger partial charge in [0.15, 0.2) is 11.5 Å². The molecule has 2 aromatic rings. The molecule has 0 radical (unpaired) electrons. The van der Waals surface area contributed by atoms with E-state index in [1.54, 1.807) is 6.07 Å². The van der Waals surface area contributed by atoms with Gasteiger partial charge in [-0.25, -0.2) is 0 Å². The molecule has 0 saturated carbocycles. The van der Waals surface area contributed by atoms with Gasteiger partial charge in [-0.2, -0.15) is 0 Å². The minimum Gasteiger partial charge on any atom is -0.493 e. The van der Waals surface area contributed by atoms with Gasteiger partial charge in [0.25, 0.3) is 5.69 Å². The fourth-order valence-corrected chi connectivity index (χ4v) is 3.66. The summed E-state index contributed by atoms with van der Waals surface area (Å²) in [6, 6.07) is 7.15. The molecular formula is C20H27N3O5. The smallest absolute Gasteiger partial charge is 0.277 e. The van der Waals surface area contributed by atoms with Crippen LogP contribution in [0.25, 0.3) is 0 Å². The fourth-order valence-electron chi connectivity index (χ4n) is 3.66. The first kappa shape index (κ1) is 20.2. The van der Waals surface area contributed by atoms with E-state index in [1.807, 2.05) is 19.1 Å². The van der Waals surface area contributed by atoms with Crippen LogP contribution < -0.4 is 14.8 Å². The van der Waals surface area contributed by atoms with E-state index in [2.05, 4.69) is 10.2 Å². The molecule has 28 heavy (non-hydrogen) atoms. The van der Waals surface area contributed by atoms with Crippen molar-refractivity contribution in [3.8, 4) is 11.5 Å². The van der Waals surface area contributed by atoms with Crippen molar-refractivity contribution in [1.29, 1.82) is 0 Å². The molecule has 0 aliphatic carbocycles. The Labute approximate surface area is 164 Å². The number of hydrogen-bond donors (Lipinski definition) is 1. The number of furan rings is 1. The van der Waals surface area contributed by atoms with Gasteiger partial charge in [0, 0.05) is 18.7 Å². The van der Waals surface area contributed by atoms with E-state index in [0.717, 1.165) is 24.6 Å². The number of aryl methyl sites for hydroxylation is 1. The molecule has 1 saturated heterocycles. The zero-order valence-electron chi connectivity index (χ0n) is 16.6. The Hall–Kier alpha value is -2.58. The molecular weight excluding hydrogens is 362 g/mol. The second-order valence-corrected chi connectivity index (χ2v) is 6.93. The third-order valence-corrected chi connectivity index (χ3v) is 5.11. The van der Waals surface area contributed by atoms with Gasteiger partial charge in [0.05, 0.1) is 31.3 Å². The van der Waals surface area contributed by atoms with Crippen LogP contribution in [0.15, 0.2) is 28.7 Å². The molecule has 8 nitrogen and oxygen atoms in total. The van der Waals surface area contributed by atoms with Gasteiger partial charge in [-0.05, 0) is 51.1 Å². The second kappa shape index (κ2) is 9.07. The number of nitro groups is 1. The summed E-state index contributed by atoms with van der Waals surface area (Å²) >= 11 is 0. The summed E-state index contributed by atoms with van der Waals surface area (Å²) in [4.78, 5) is 13.5. The van der Waals surface area contributed by atoms with E-state index in [1.165, 1.54) is 33.1 Å². The lowest BCUT2D eigenvalue weighted by Crippen LogP contribution is -2.33. The number of benzene rings is 1. The molecule has 1 N–H and O–H groups in total. The van der Waals surface area contributed by atoms with Gasteiger partial charge in [0.2, 0.25) is 0 Å². The van der Waals surface area contributed by atoms with E-state index in [9.17, 15) is 10.1 Å². The Kier molecular flexibility index (Phi) is 6.53. The molecule has 1 unspecified atom stereocenters. The summed E-state index contributed by atoms with van der Waals surface area (Å²) in [5.41, 5.74) is 0.565. The van der Waals surface area contributed by atoms with Crippen LogP contribution in [-0.2, 0) is 6.54 Å². The predicted octanol–water partition coefficient (Wildman–Crippen LogP) is 3.44. The molecule has 1 aliphatic heterocycles. The lowest BCUT2D eigenvalue weighted by Gasteiger charge is -2.26. The van der Waals surface area contributed by atoms with Gasteiger partial charge in [-0.15, -0.1) is 0 Å². The van der Waals surface area contributed by atoms with Crippen LogP contribution in [0.2, 0.25) is 0 Å². The highest BCUT2D eigenvalue weighted by atomic mass is 16.6. The average Bonchev–Trinajstić information content (AvgIpc) is 3.36. The zero-order valence-corrected chi connectivity index (χ0v) is 16.6. The van der Waals surface area contributed by atoms with E-state index >= 15 is 0 Å². The number of ether oxygens (including phenoxy) is 2. The lowest BCUT2D eigenvalue weighted by molar-refractivity contribution is -0.385. The molecule has 1 aromatic heterocycles. The Bertz CT molecular complexity index is 814. The van der Waals surface area contributed by atoms with Crippen LogP contribution in [0.5, 0.6) is 11.5 Å². The van der Waals surface area contributed by atoms with Crippen molar-refractivity contribution < 1.29 is 18.8 Å². The molecule has 1 fully saturated rings. The molecule has 0 amide bonds. The SMILES string of the molecule is COc1cc(CNCC(c2ccc(C)o2)N2CCCC2)c([N+](=O)[O-])cc1OC. The molecule has 8 heteroatoms. The molecule has 3 rings (SSSR count). The molecule has 1 aliphatic rings. The maximum absolute atomic E-state index is 11.5. The van der Waals surface area contributed by atoms with Gasteiger partial charge < -0.3 is 19.2 Å². The van der Waals surface area contributed by atoms with Crippen LogP contribution in [0.3, 0.4) is 0 Å². The summed E-state index contributed by atoms with van der Waals surface area (Å²) in [7, 11) is 2.98. The summed E-state index contributed by atoms with van der Waals surface area (Å²) in [5.74, 6) is 2.63. The molecule has 2 heterocycles. The average molecular weight is 389 g/mol. The highest BCUT2D eigenvalue weighted by molar-refractivity contribution is 5.54. The molecule has 0 spiro atoms. The van der Waals surface area contributed by atoms with Crippen molar-refractivity contribution >= 4 is 5.69 Å². The number of nitrogens with zero attached hydrogens (tertiary/aromatic N) is 2. The minimum atomic E-state index is -0.396. The van der Waals surface area contributed by atoms with Gasteiger partial charge in [0.1, 0.15) is 11.5 Å². The predicted molar refractivity (Wildman–Crippen MR) is 105 cm³/mol. The Morgan fingerprint density at radius 2 is 1.89 bits per heavy atom. The van der Waals surface area contributed by atoms with Crippen LogP contribution in [0, 0.1) is 17.0 Å². The van der Waals surface area contributed by atoms with Crippen molar-refractivity contribution in [2.24, 2.45) is 0 Å². The highest BCUT2D eigenvalue weighted by Crippen LogP contribution is 2.34. The number of nitro benzene ring substituents is 1. The molecule has 1 atom stereocenters. The van der Waals surface area contributed by atoms with Crippen LogP contribution in [0.4, 0.5) is 5.69 Å². The fraction of sp³-hybridized carbons (Fsp3) is 0.500. The van der Waals surface area contributed by atoms with Crippen molar-refractivity contribution in [2.45, 2.75) is 32.4 Å². The third kappa shape index (κ3) is 4.45. The zero-order chi connectivity index (χ0) is 20.1. The van der Waals surface area contributed by atoms with E-state index in [-0.39, 0.29) is 11.7 Å². The number of nitrogens with one attached hydrogen (secondary N) is 1. The van der Waals surface area contributed by atoms with Crippen molar-refractivity contribution in [3.63, 3.8) is 0 Å². The van der Waals surface area contributed by atoms with Gasteiger partial charge >= 0.3 is 0 Å². The van der Waals surface area contributed by atoms with Gasteiger partial charge in [-0.3, -0.25) is 15.0 Å². The van der Waals surface area contributed by atoms with Crippen LogP contribution >= 0.6 is 0 Å². The molecule has 0 bridgehead atoms. The second-order valence-electron chi connectivity index (χ2n) is 6.93. The maximum Gasteiger partial charge on any atom is 0.277 e. The summed E-state index contributed by atoms with van der Waals surface area (Å²) in [5, 5.41) is 14.8. The monoisotopic (exact) mass is 389 g/mol. The maximum atomic E-state index is 11.5.